The van der Waals surface area contributed by atoms with Crippen LogP contribution in [0.4, 0.5) is 4.39 Å². The van der Waals surface area contributed by atoms with Crippen LogP contribution in [0.25, 0.3) is 0 Å². The molecule has 0 bridgehead atoms. The van der Waals surface area contributed by atoms with Gasteiger partial charge in [-0.2, -0.15) is 0 Å². The van der Waals surface area contributed by atoms with Crippen molar-refractivity contribution in [2.45, 2.75) is 32.0 Å². The Morgan fingerprint density at radius 2 is 2.11 bits per heavy atom. The monoisotopic (exact) mass is 331 g/mol. The van der Waals surface area contributed by atoms with Crippen LogP contribution in [0.15, 0.2) is 18.2 Å². The van der Waals surface area contributed by atoms with Crippen molar-refractivity contribution in [3.63, 3.8) is 0 Å². The van der Waals surface area contributed by atoms with E-state index in [0.717, 1.165) is 12.5 Å². The van der Waals surface area contributed by atoms with Crippen molar-refractivity contribution in [2.24, 2.45) is 5.41 Å². The van der Waals surface area contributed by atoms with Gasteiger partial charge in [-0.05, 0) is 24.0 Å². The molecule has 3 nitrogen and oxygen atoms in total. The fourth-order valence-corrected chi connectivity index (χ4v) is 2.90. The lowest BCUT2D eigenvalue weighted by Gasteiger charge is -2.22. The average molecular weight is 332 g/mol. The predicted molar refractivity (Wildman–Crippen MR) is 77.2 cm³/mol. The summed E-state index contributed by atoms with van der Waals surface area (Å²) < 4.78 is 13.5. The zero-order valence-corrected chi connectivity index (χ0v) is 12.9. The molecule has 1 amide bonds. The first-order valence-corrected chi connectivity index (χ1v) is 7.02. The number of hydrogen-bond acceptors (Lipinski definition) is 2. The summed E-state index contributed by atoms with van der Waals surface area (Å²) in [4.78, 5) is 11.9. The second kappa shape index (κ2) is 6.37. The molecule has 1 aromatic carbocycles. The summed E-state index contributed by atoms with van der Waals surface area (Å²) in [5.74, 6) is -1.67. The second-order valence-corrected chi connectivity index (χ2v) is 7.00. The lowest BCUT2D eigenvalue weighted by molar-refractivity contribution is 0.0945. The van der Waals surface area contributed by atoms with Gasteiger partial charge in [-0.1, -0.05) is 42.8 Å². The number of phenolic OH excluding ortho intramolecular Hbond substituents is 1. The molecule has 0 aliphatic heterocycles. The molecule has 1 unspecified atom stereocenters. The van der Waals surface area contributed by atoms with Crippen molar-refractivity contribution in [1.82, 2.24) is 5.32 Å². The SMILES string of the molecule is CC(C)(C)CC(Br)CNC(=O)c1c(O)cccc1F. The number of amides is 1. The van der Waals surface area contributed by atoms with Gasteiger partial charge in [0, 0.05) is 11.4 Å². The minimum Gasteiger partial charge on any atom is -0.507 e. The van der Waals surface area contributed by atoms with E-state index in [4.69, 9.17) is 0 Å². The fourth-order valence-electron chi connectivity index (χ4n) is 1.77. The Labute approximate surface area is 121 Å². The number of carbonyl (C=O) groups is 1. The van der Waals surface area contributed by atoms with Gasteiger partial charge < -0.3 is 10.4 Å². The zero-order chi connectivity index (χ0) is 14.6. The molecule has 2 N–H and O–H groups in total. The highest BCUT2D eigenvalue weighted by molar-refractivity contribution is 9.09. The third-order valence-electron chi connectivity index (χ3n) is 2.54. The molecular formula is C14H19BrFNO2. The molecule has 106 valence electrons. The van der Waals surface area contributed by atoms with E-state index in [0.29, 0.717) is 6.54 Å². The molecule has 0 aromatic heterocycles. The van der Waals surface area contributed by atoms with Gasteiger partial charge in [0.15, 0.2) is 0 Å². The number of aromatic hydroxyl groups is 1. The van der Waals surface area contributed by atoms with Crippen molar-refractivity contribution in [3.05, 3.63) is 29.6 Å². The van der Waals surface area contributed by atoms with E-state index in [1.165, 1.54) is 12.1 Å². The Morgan fingerprint density at radius 1 is 1.47 bits per heavy atom. The highest BCUT2D eigenvalue weighted by atomic mass is 79.9. The molecule has 1 aromatic rings. The van der Waals surface area contributed by atoms with Crippen molar-refractivity contribution in [3.8, 4) is 5.75 Å². The normalized spacial score (nSPS) is 13.1. The number of rotatable bonds is 4. The van der Waals surface area contributed by atoms with Crippen LogP contribution in [-0.4, -0.2) is 22.4 Å². The molecule has 0 aliphatic carbocycles. The average Bonchev–Trinajstić information content (AvgIpc) is 2.23. The van der Waals surface area contributed by atoms with Crippen LogP contribution < -0.4 is 5.32 Å². The van der Waals surface area contributed by atoms with Crippen LogP contribution in [0.5, 0.6) is 5.75 Å². The zero-order valence-electron chi connectivity index (χ0n) is 11.3. The molecule has 19 heavy (non-hydrogen) atoms. The maximum atomic E-state index is 13.5. The van der Waals surface area contributed by atoms with Crippen molar-refractivity contribution in [2.75, 3.05) is 6.54 Å². The molecule has 0 aliphatic rings. The maximum Gasteiger partial charge on any atom is 0.258 e. The molecule has 0 spiro atoms. The van der Waals surface area contributed by atoms with Crippen LogP contribution >= 0.6 is 15.9 Å². The van der Waals surface area contributed by atoms with E-state index < -0.39 is 11.7 Å². The Hall–Kier alpha value is -1.10. The molecule has 0 heterocycles. The van der Waals surface area contributed by atoms with Crippen LogP contribution in [0.3, 0.4) is 0 Å². The van der Waals surface area contributed by atoms with Crippen LogP contribution in [0.1, 0.15) is 37.6 Å². The van der Waals surface area contributed by atoms with Crippen molar-refractivity contribution < 1.29 is 14.3 Å². The number of benzene rings is 1. The first-order chi connectivity index (χ1) is 8.70. The van der Waals surface area contributed by atoms with Gasteiger partial charge in [0.25, 0.3) is 5.91 Å². The minimum absolute atomic E-state index is 0.102. The smallest absolute Gasteiger partial charge is 0.258 e. The molecule has 0 saturated heterocycles. The molecule has 5 heteroatoms. The third-order valence-corrected chi connectivity index (χ3v) is 3.18. The highest BCUT2D eigenvalue weighted by Crippen LogP contribution is 2.24. The number of alkyl halides is 1. The van der Waals surface area contributed by atoms with Crippen molar-refractivity contribution in [1.29, 1.82) is 0 Å². The first kappa shape index (κ1) is 16.0. The Kier molecular flexibility index (Phi) is 5.35. The Morgan fingerprint density at radius 3 is 2.63 bits per heavy atom. The first-order valence-electron chi connectivity index (χ1n) is 6.10. The van der Waals surface area contributed by atoms with E-state index in [1.807, 2.05) is 0 Å². The Bertz CT molecular complexity index is 437. The van der Waals surface area contributed by atoms with E-state index >= 15 is 0 Å². The maximum absolute atomic E-state index is 13.5. The molecule has 0 saturated carbocycles. The number of carbonyl (C=O) groups excluding carboxylic acids is 1. The van der Waals surface area contributed by atoms with E-state index in [1.54, 1.807) is 0 Å². The summed E-state index contributed by atoms with van der Waals surface area (Å²) in [5.41, 5.74) is -0.170. The van der Waals surface area contributed by atoms with Gasteiger partial charge in [-0.25, -0.2) is 4.39 Å². The lowest BCUT2D eigenvalue weighted by Crippen LogP contribution is -2.32. The van der Waals surface area contributed by atoms with E-state index in [2.05, 4.69) is 42.0 Å². The quantitative estimate of drug-likeness (QED) is 0.830. The standard InChI is InChI=1S/C14H19BrFNO2/c1-14(2,3)7-9(15)8-17-13(19)12-10(16)5-4-6-11(12)18/h4-6,9,18H,7-8H2,1-3H3,(H,17,19). The summed E-state index contributed by atoms with van der Waals surface area (Å²) in [6.07, 6.45) is 0.872. The number of hydrogen-bond donors (Lipinski definition) is 2. The summed E-state index contributed by atoms with van der Waals surface area (Å²) in [5, 5.41) is 12.1. The van der Waals surface area contributed by atoms with E-state index in [9.17, 15) is 14.3 Å². The van der Waals surface area contributed by atoms with Gasteiger partial charge >= 0.3 is 0 Å². The van der Waals surface area contributed by atoms with Crippen LogP contribution in [0.2, 0.25) is 0 Å². The second-order valence-electron chi connectivity index (χ2n) is 5.71. The number of phenols is 1. The highest BCUT2D eigenvalue weighted by Gasteiger charge is 2.20. The van der Waals surface area contributed by atoms with Gasteiger partial charge in [0.05, 0.1) is 0 Å². The van der Waals surface area contributed by atoms with Crippen molar-refractivity contribution >= 4 is 21.8 Å². The fraction of sp³-hybridized carbons (Fsp3) is 0.500. The predicted octanol–water partition coefficient (Wildman–Crippen LogP) is 3.46. The third kappa shape index (κ3) is 5.19. The Balaban J connectivity index is 2.61. The summed E-state index contributed by atoms with van der Waals surface area (Å²) in [6, 6.07) is 3.79. The minimum atomic E-state index is -0.723. The number of halogens is 2. The van der Waals surface area contributed by atoms with Gasteiger partial charge in [-0.3, -0.25) is 4.79 Å². The molecule has 1 rings (SSSR count). The molecular weight excluding hydrogens is 313 g/mol. The summed E-state index contributed by atoms with van der Waals surface area (Å²) in [7, 11) is 0. The number of nitrogens with one attached hydrogen (secondary N) is 1. The topological polar surface area (TPSA) is 49.3 Å². The molecule has 0 fully saturated rings. The van der Waals surface area contributed by atoms with Gasteiger partial charge in [-0.15, -0.1) is 0 Å². The largest absolute Gasteiger partial charge is 0.507 e. The van der Waals surface area contributed by atoms with Gasteiger partial charge in [0.2, 0.25) is 0 Å². The van der Waals surface area contributed by atoms with E-state index in [-0.39, 0.29) is 21.6 Å². The summed E-state index contributed by atoms with van der Waals surface area (Å²) in [6.45, 7) is 6.69. The van der Waals surface area contributed by atoms with Gasteiger partial charge in [0.1, 0.15) is 17.1 Å². The van der Waals surface area contributed by atoms with Crippen LogP contribution in [0, 0.1) is 11.2 Å². The summed E-state index contributed by atoms with van der Waals surface area (Å²) >= 11 is 3.48. The lowest BCUT2D eigenvalue weighted by atomic mass is 9.90. The molecule has 0 radical (unpaired) electrons. The molecule has 1 atom stereocenters. The van der Waals surface area contributed by atoms with Crippen LogP contribution in [-0.2, 0) is 0 Å².